The van der Waals surface area contributed by atoms with Gasteiger partial charge in [-0.05, 0) is 121 Å². The molecule has 0 bridgehead atoms. The predicted molar refractivity (Wildman–Crippen MR) is 138 cm³/mol. The van der Waals surface area contributed by atoms with Gasteiger partial charge >= 0.3 is 0 Å². The Morgan fingerprint density at radius 2 is 1.88 bits per heavy atom. The van der Waals surface area contributed by atoms with Crippen molar-refractivity contribution < 1.29 is 9.84 Å². The topological polar surface area (TPSA) is 78.2 Å². The summed E-state index contributed by atoms with van der Waals surface area (Å²) in [5.41, 5.74) is 9.49. The molecule has 0 radical (unpaired) electrons. The Bertz CT molecular complexity index is 739. The largest absolute Gasteiger partial charge is 0.396 e. The summed E-state index contributed by atoms with van der Waals surface area (Å²) in [4.78, 5) is 2.92. The van der Waals surface area contributed by atoms with E-state index in [9.17, 15) is 5.11 Å². The fourth-order valence-electron chi connectivity index (χ4n) is 9.92. The van der Waals surface area contributed by atoms with E-state index in [0.29, 0.717) is 41.9 Å². The van der Waals surface area contributed by atoms with E-state index in [-0.39, 0.29) is 0 Å². The number of azide groups is 1. The molecule has 34 heavy (non-hydrogen) atoms. The monoisotopic (exact) mass is 473 g/mol. The van der Waals surface area contributed by atoms with E-state index >= 15 is 0 Å². The minimum absolute atomic E-state index is 0.321. The number of ether oxygens (including phenoxy) is 1. The molecule has 0 aromatic carbocycles. The Hall–Kier alpha value is -0.770. The number of fused-ring (bicyclic) bond motifs is 5. The molecule has 0 aromatic rings. The quantitative estimate of drug-likeness (QED) is 0.162. The van der Waals surface area contributed by atoms with Crippen molar-refractivity contribution in [3.8, 4) is 0 Å². The van der Waals surface area contributed by atoms with Crippen LogP contribution in [0.2, 0.25) is 0 Å². The maximum absolute atomic E-state index is 9.45. The van der Waals surface area contributed by atoms with E-state index in [0.717, 1.165) is 61.4 Å². The highest BCUT2D eigenvalue weighted by molar-refractivity contribution is 5.13. The van der Waals surface area contributed by atoms with Gasteiger partial charge in [-0.3, -0.25) is 0 Å². The molecule has 4 aliphatic carbocycles. The first-order valence-corrected chi connectivity index (χ1v) is 14.5. The SMILES string of the molecule is C[C@@H]1CC[C@@]2(C)[C@@H](C1)C[C@@H](OCCCN=[N+]=[N-])[C@@H]1[C@@H]2C[C@H](C)[C@]2(C)[C@@H]([C@H](C)CCCO)CC[C@@H]12. The molecule has 0 heterocycles. The normalized spacial score (nSPS) is 46.6. The lowest BCUT2D eigenvalue weighted by Gasteiger charge is -2.65. The summed E-state index contributed by atoms with van der Waals surface area (Å²) >= 11 is 0. The molecular formula is C29H51N3O2. The third kappa shape index (κ3) is 4.55. The van der Waals surface area contributed by atoms with Gasteiger partial charge in [0.1, 0.15) is 0 Å². The lowest BCUT2D eigenvalue weighted by atomic mass is 9.41. The van der Waals surface area contributed by atoms with E-state index in [1.807, 2.05) is 0 Å². The van der Waals surface area contributed by atoms with Crippen LogP contribution >= 0.6 is 0 Å². The summed E-state index contributed by atoms with van der Waals surface area (Å²) < 4.78 is 6.76. The molecule has 4 saturated carbocycles. The van der Waals surface area contributed by atoms with E-state index in [1.165, 1.54) is 44.9 Å². The number of hydrogen-bond donors (Lipinski definition) is 1. The Morgan fingerprint density at radius 3 is 2.62 bits per heavy atom. The van der Waals surface area contributed by atoms with Crippen LogP contribution in [0, 0.1) is 58.2 Å². The molecule has 0 unspecified atom stereocenters. The van der Waals surface area contributed by atoms with Gasteiger partial charge in [-0.25, -0.2) is 0 Å². The molecule has 4 aliphatic rings. The van der Waals surface area contributed by atoms with Gasteiger partial charge in [-0.2, -0.15) is 0 Å². The lowest BCUT2D eigenvalue weighted by Crippen LogP contribution is -2.60. The summed E-state index contributed by atoms with van der Waals surface area (Å²) in [5.74, 6) is 6.04. The van der Waals surface area contributed by atoms with Crippen LogP contribution in [-0.4, -0.2) is 31.0 Å². The van der Waals surface area contributed by atoms with Crippen molar-refractivity contribution in [2.75, 3.05) is 19.8 Å². The molecule has 0 saturated heterocycles. The maximum Gasteiger partial charge on any atom is 0.0611 e. The highest BCUT2D eigenvalue weighted by Crippen LogP contribution is 2.70. The summed E-state index contributed by atoms with van der Waals surface area (Å²) in [7, 11) is 0. The van der Waals surface area contributed by atoms with Gasteiger partial charge in [-0.1, -0.05) is 46.2 Å². The van der Waals surface area contributed by atoms with Crippen molar-refractivity contribution in [2.45, 2.75) is 105 Å². The first kappa shape index (κ1) is 26.3. The molecule has 11 atom stereocenters. The van der Waals surface area contributed by atoms with Crippen LogP contribution < -0.4 is 0 Å². The van der Waals surface area contributed by atoms with Gasteiger partial charge in [0.15, 0.2) is 0 Å². The second-order valence-electron chi connectivity index (χ2n) is 13.4. The van der Waals surface area contributed by atoms with Crippen molar-refractivity contribution in [3.63, 3.8) is 0 Å². The Morgan fingerprint density at radius 1 is 1.09 bits per heavy atom. The third-order valence-electron chi connectivity index (χ3n) is 11.9. The van der Waals surface area contributed by atoms with Crippen LogP contribution in [0.3, 0.4) is 0 Å². The fourth-order valence-corrected chi connectivity index (χ4v) is 9.92. The Balaban J connectivity index is 1.61. The molecule has 4 rings (SSSR count). The van der Waals surface area contributed by atoms with Gasteiger partial charge < -0.3 is 9.84 Å². The summed E-state index contributed by atoms with van der Waals surface area (Å²) in [6, 6.07) is 0. The first-order valence-electron chi connectivity index (χ1n) is 14.5. The number of hydrogen-bond acceptors (Lipinski definition) is 3. The average Bonchev–Trinajstić information content (AvgIpc) is 3.17. The number of aliphatic hydroxyl groups is 1. The van der Waals surface area contributed by atoms with Crippen molar-refractivity contribution in [3.05, 3.63) is 10.4 Å². The van der Waals surface area contributed by atoms with Crippen LogP contribution in [0.25, 0.3) is 10.4 Å². The Labute approximate surface area is 208 Å². The zero-order chi connectivity index (χ0) is 24.5. The first-order chi connectivity index (χ1) is 16.3. The molecule has 5 nitrogen and oxygen atoms in total. The van der Waals surface area contributed by atoms with E-state index in [1.54, 1.807) is 0 Å². The molecule has 0 spiro atoms. The molecule has 0 amide bonds. The van der Waals surface area contributed by atoms with Crippen LogP contribution in [0.15, 0.2) is 5.11 Å². The number of nitrogens with zero attached hydrogens (tertiary/aromatic N) is 3. The molecule has 0 aliphatic heterocycles. The van der Waals surface area contributed by atoms with Crippen LogP contribution in [0.5, 0.6) is 0 Å². The van der Waals surface area contributed by atoms with Crippen LogP contribution in [-0.2, 0) is 4.74 Å². The highest BCUT2D eigenvalue weighted by Gasteiger charge is 2.65. The highest BCUT2D eigenvalue weighted by atomic mass is 16.5. The third-order valence-corrected chi connectivity index (χ3v) is 11.9. The number of rotatable bonds is 9. The average molecular weight is 474 g/mol. The molecule has 4 fully saturated rings. The van der Waals surface area contributed by atoms with Crippen LogP contribution in [0.4, 0.5) is 0 Å². The van der Waals surface area contributed by atoms with Crippen molar-refractivity contribution in [1.29, 1.82) is 0 Å². The van der Waals surface area contributed by atoms with Crippen molar-refractivity contribution in [2.24, 2.45) is 63.3 Å². The van der Waals surface area contributed by atoms with E-state index in [4.69, 9.17) is 10.3 Å². The van der Waals surface area contributed by atoms with Crippen molar-refractivity contribution >= 4 is 0 Å². The zero-order valence-electron chi connectivity index (χ0n) is 22.6. The van der Waals surface area contributed by atoms with Crippen molar-refractivity contribution in [1.82, 2.24) is 0 Å². The standard InChI is InChI=1S/C29H51N3O2/c1-19-11-12-28(4)22(16-19)18-26(34-15-7-13-31-32-30)27-24-10-9-23(20(2)8-6-14-33)29(24,5)21(3)17-25(27)28/h19-27,33H,6-18H2,1-5H3/t19-,20-,21+,22+,23-,24+,25+,26-,27+,28+,29-/m1/s1. The fraction of sp³-hybridized carbons (Fsp3) is 1.00. The molecule has 194 valence electrons. The maximum atomic E-state index is 9.45. The summed E-state index contributed by atoms with van der Waals surface area (Å²) in [6.07, 6.45) is 12.7. The molecule has 5 heteroatoms. The van der Waals surface area contributed by atoms with Crippen LogP contribution in [0.1, 0.15) is 98.8 Å². The molecular weight excluding hydrogens is 422 g/mol. The smallest absolute Gasteiger partial charge is 0.0611 e. The van der Waals surface area contributed by atoms with E-state index < -0.39 is 0 Å². The van der Waals surface area contributed by atoms with Gasteiger partial charge in [0.25, 0.3) is 0 Å². The van der Waals surface area contributed by atoms with Gasteiger partial charge in [0, 0.05) is 24.7 Å². The second kappa shape index (κ2) is 10.7. The van der Waals surface area contributed by atoms with Gasteiger partial charge in [0.2, 0.25) is 0 Å². The predicted octanol–water partition coefficient (Wildman–Crippen LogP) is 7.63. The summed E-state index contributed by atoms with van der Waals surface area (Å²) in [6.45, 7) is 14.4. The van der Waals surface area contributed by atoms with Gasteiger partial charge in [-0.15, -0.1) is 0 Å². The summed E-state index contributed by atoms with van der Waals surface area (Å²) in [5, 5.41) is 13.2. The number of aliphatic hydroxyl groups excluding tert-OH is 1. The Kier molecular flexibility index (Phi) is 8.27. The minimum Gasteiger partial charge on any atom is -0.396 e. The second-order valence-corrected chi connectivity index (χ2v) is 13.4. The molecule has 0 aromatic heterocycles. The van der Waals surface area contributed by atoms with Gasteiger partial charge in [0.05, 0.1) is 6.10 Å². The minimum atomic E-state index is 0.321. The zero-order valence-corrected chi connectivity index (χ0v) is 22.6. The lowest BCUT2D eigenvalue weighted by molar-refractivity contribution is -0.198. The van der Waals surface area contributed by atoms with E-state index in [2.05, 4.69) is 44.6 Å². The molecule has 1 N–H and O–H groups in total.